The molecule has 0 aliphatic rings. The molecule has 0 saturated carbocycles. The predicted molar refractivity (Wildman–Crippen MR) is 94.9 cm³/mol. The van der Waals surface area contributed by atoms with Gasteiger partial charge < -0.3 is 9.84 Å². The summed E-state index contributed by atoms with van der Waals surface area (Å²) in [7, 11) is 0. The number of nitrogens with zero attached hydrogens (tertiary/aromatic N) is 2. The Labute approximate surface area is 151 Å². The number of nitrogens with one attached hydrogen (secondary N) is 1. The number of hydrazone groups is 1. The lowest BCUT2D eigenvalue weighted by atomic mass is 10.2. The summed E-state index contributed by atoms with van der Waals surface area (Å²) in [6.07, 6.45) is 1.11. The van der Waals surface area contributed by atoms with Crippen LogP contribution < -0.4 is 10.2 Å². The zero-order valence-corrected chi connectivity index (χ0v) is 14.7. The predicted octanol–water partition coefficient (Wildman–Crippen LogP) is 2.90. The van der Waals surface area contributed by atoms with E-state index in [4.69, 9.17) is 4.74 Å². The molecule has 0 unspecified atom stereocenters. The molecule has 2 N–H and O–H groups in total. The third kappa shape index (κ3) is 5.28. The molecule has 9 heteroatoms. The molecule has 0 heterocycles. The minimum Gasteiger partial charge on any atom is -0.506 e. The van der Waals surface area contributed by atoms with Crippen molar-refractivity contribution in [2.45, 2.75) is 6.92 Å². The largest absolute Gasteiger partial charge is 0.506 e. The Morgan fingerprint density at radius 3 is 2.72 bits per heavy atom. The summed E-state index contributed by atoms with van der Waals surface area (Å²) in [5.41, 5.74) is 3.15. The van der Waals surface area contributed by atoms with Crippen LogP contribution in [0.15, 0.2) is 46.0 Å². The number of amides is 1. The summed E-state index contributed by atoms with van der Waals surface area (Å²) in [4.78, 5) is 21.9. The van der Waals surface area contributed by atoms with Crippen LogP contribution in [-0.2, 0) is 4.79 Å². The van der Waals surface area contributed by atoms with Crippen LogP contribution in [0.4, 0.5) is 5.69 Å². The average molecular weight is 408 g/mol. The second kappa shape index (κ2) is 8.25. The van der Waals surface area contributed by atoms with Crippen molar-refractivity contribution in [3.05, 3.63) is 62.1 Å². The van der Waals surface area contributed by atoms with Crippen molar-refractivity contribution in [3.8, 4) is 11.5 Å². The third-order valence-corrected chi connectivity index (χ3v) is 3.68. The highest BCUT2D eigenvalue weighted by molar-refractivity contribution is 9.10. The van der Waals surface area contributed by atoms with Crippen molar-refractivity contribution in [3.63, 3.8) is 0 Å². The number of ether oxygens (including phenoxy) is 1. The topological polar surface area (TPSA) is 114 Å². The molecule has 0 radical (unpaired) electrons. The molecular weight excluding hydrogens is 394 g/mol. The van der Waals surface area contributed by atoms with Gasteiger partial charge in [-0.05, 0) is 35.0 Å². The minimum atomic E-state index is -0.602. The molecule has 0 aromatic heterocycles. The van der Waals surface area contributed by atoms with Crippen LogP contribution in [0.2, 0.25) is 0 Å². The van der Waals surface area contributed by atoms with Crippen LogP contribution in [0.5, 0.6) is 11.5 Å². The van der Waals surface area contributed by atoms with Crippen molar-refractivity contribution in [2.24, 2.45) is 5.10 Å². The first-order chi connectivity index (χ1) is 11.9. The maximum absolute atomic E-state index is 11.7. The number of nitro benzene ring substituents is 1. The lowest BCUT2D eigenvalue weighted by Gasteiger charge is -2.05. The fourth-order valence-electron chi connectivity index (χ4n) is 1.80. The summed E-state index contributed by atoms with van der Waals surface area (Å²) < 4.78 is 5.44. The van der Waals surface area contributed by atoms with Gasteiger partial charge in [0.15, 0.2) is 6.61 Å². The van der Waals surface area contributed by atoms with Crippen molar-refractivity contribution in [1.82, 2.24) is 5.43 Å². The molecule has 1 amide bonds. The molecule has 0 aliphatic carbocycles. The lowest BCUT2D eigenvalue weighted by molar-refractivity contribution is -0.385. The van der Waals surface area contributed by atoms with Crippen LogP contribution in [0.1, 0.15) is 11.1 Å². The maximum atomic E-state index is 11.7. The first-order valence-corrected chi connectivity index (χ1v) is 7.84. The van der Waals surface area contributed by atoms with E-state index in [1.54, 1.807) is 12.1 Å². The van der Waals surface area contributed by atoms with Gasteiger partial charge >= 0.3 is 0 Å². The van der Waals surface area contributed by atoms with E-state index in [0.29, 0.717) is 5.75 Å². The molecule has 130 valence electrons. The number of benzene rings is 2. The summed E-state index contributed by atoms with van der Waals surface area (Å²) in [5.74, 6) is -0.190. The van der Waals surface area contributed by atoms with Gasteiger partial charge in [-0.25, -0.2) is 5.43 Å². The van der Waals surface area contributed by atoms with Crippen LogP contribution in [-0.4, -0.2) is 28.8 Å². The van der Waals surface area contributed by atoms with Gasteiger partial charge in [-0.3, -0.25) is 14.9 Å². The second-order valence-electron chi connectivity index (χ2n) is 5.02. The van der Waals surface area contributed by atoms with Crippen molar-refractivity contribution < 1.29 is 19.6 Å². The zero-order chi connectivity index (χ0) is 18.4. The van der Waals surface area contributed by atoms with Gasteiger partial charge in [0.2, 0.25) is 0 Å². The summed E-state index contributed by atoms with van der Waals surface area (Å²) in [5, 5.41) is 24.3. The lowest BCUT2D eigenvalue weighted by Crippen LogP contribution is -2.24. The molecule has 0 atom stereocenters. The summed E-state index contributed by atoms with van der Waals surface area (Å²) >= 11 is 3.02. The van der Waals surface area contributed by atoms with E-state index in [0.717, 1.165) is 17.8 Å². The molecule has 2 rings (SSSR count). The first kappa shape index (κ1) is 18.4. The van der Waals surface area contributed by atoms with Crippen LogP contribution in [0, 0.1) is 17.0 Å². The monoisotopic (exact) mass is 407 g/mol. The molecular formula is C16H14BrN3O5. The Hall–Kier alpha value is -2.94. The molecule has 0 spiro atoms. The molecule has 8 nitrogen and oxygen atoms in total. The van der Waals surface area contributed by atoms with Gasteiger partial charge in [0, 0.05) is 17.7 Å². The van der Waals surface area contributed by atoms with Crippen LogP contribution in [0.3, 0.4) is 0 Å². The van der Waals surface area contributed by atoms with Crippen molar-refractivity contribution in [2.75, 3.05) is 6.61 Å². The number of halogens is 1. The van der Waals surface area contributed by atoms with Gasteiger partial charge in [0.1, 0.15) is 11.5 Å². The SMILES string of the molecule is Cc1ccc(OCC(=O)N/N=C/c2cc([N+](=O)[O-])cc(Br)c2O)cc1. The van der Waals surface area contributed by atoms with E-state index in [1.165, 1.54) is 6.07 Å². The number of aromatic hydroxyl groups is 1. The van der Waals surface area contributed by atoms with E-state index in [1.807, 2.05) is 19.1 Å². The molecule has 0 fully saturated rings. The molecule has 0 aliphatic heterocycles. The van der Waals surface area contributed by atoms with Gasteiger partial charge in [0.25, 0.3) is 11.6 Å². The van der Waals surface area contributed by atoms with Crippen LogP contribution >= 0.6 is 15.9 Å². The highest BCUT2D eigenvalue weighted by atomic mass is 79.9. The van der Waals surface area contributed by atoms with Crippen molar-refractivity contribution in [1.29, 1.82) is 0 Å². The first-order valence-electron chi connectivity index (χ1n) is 7.05. The van der Waals surface area contributed by atoms with Gasteiger partial charge in [-0.1, -0.05) is 17.7 Å². The van der Waals surface area contributed by atoms with E-state index >= 15 is 0 Å². The molecule has 2 aromatic carbocycles. The minimum absolute atomic E-state index is 0.0841. The smallest absolute Gasteiger partial charge is 0.277 e. The normalized spacial score (nSPS) is 10.6. The number of carbonyl (C=O) groups excluding carboxylic acids is 1. The Bertz CT molecular complexity index is 821. The number of phenolic OH excluding ortho intramolecular Hbond substituents is 1. The Morgan fingerprint density at radius 1 is 1.40 bits per heavy atom. The maximum Gasteiger partial charge on any atom is 0.277 e. The molecule has 0 saturated heterocycles. The number of hydrogen-bond donors (Lipinski definition) is 2. The standard InChI is InChI=1S/C16H14BrN3O5/c1-10-2-4-13(5-3-10)25-9-15(21)19-18-8-11-6-12(20(23)24)7-14(17)16(11)22/h2-8,22H,9H2,1H3,(H,19,21)/b18-8+. The number of carbonyl (C=O) groups is 1. The number of nitro groups is 1. The molecule has 2 aromatic rings. The number of rotatable bonds is 6. The van der Waals surface area contributed by atoms with Gasteiger partial charge in [-0.2, -0.15) is 5.10 Å². The summed E-state index contributed by atoms with van der Waals surface area (Å²) in [6, 6.07) is 9.50. The Kier molecular flexibility index (Phi) is 6.07. The molecule has 0 bridgehead atoms. The number of hydrogen-bond acceptors (Lipinski definition) is 6. The van der Waals surface area contributed by atoms with Gasteiger partial charge in [-0.15, -0.1) is 0 Å². The number of non-ortho nitro benzene ring substituents is 1. The molecule has 25 heavy (non-hydrogen) atoms. The third-order valence-electron chi connectivity index (χ3n) is 3.07. The van der Waals surface area contributed by atoms with E-state index in [9.17, 15) is 20.0 Å². The Balaban J connectivity index is 1.95. The summed E-state index contributed by atoms with van der Waals surface area (Å²) in [6.45, 7) is 1.69. The Morgan fingerprint density at radius 2 is 2.08 bits per heavy atom. The number of aryl methyl sites for hydroxylation is 1. The fourth-order valence-corrected chi connectivity index (χ4v) is 2.26. The number of phenols is 1. The highest BCUT2D eigenvalue weighted by Crippen LogP contribution is 2.31. The second-order valence-corrected chi connectivity index (χ2v) is 5.87. The van der Waals surface area contributed by atoms with Gasteiger partial charge in [0.05, 0.1) is 15.6 Å². The van der Waals surface area contributed by atoms with Crippen LogP contribution in [0.25, 0.3) is 0 Å². The fraction of sp³-hybridized carbons (Fsp3) is 0.125. The quantitative estimate of drug-likeness (QED) is 0.434. The van der Waals surface area contributed by atoms with Crippen molar-refractivity contribution >= 4 is 33.7 Å². The van der Waals surface area contributed by atoms with E-state index < -0.39 is 10.8 Å². The average Bonchev–Trinajstić information content (AvgIpc) is 2.57. The highest BCUT2D eigenvalue weighted by Gasteiger charge is 2.13. The van der Waals surface area contributed by atoms with E-state index in [2.05, 4.69) is 26.5 Å². The zero-order valence-electron chi connectivity index (χ0n) is 13.1. The van der Waals surface area contributed by atoms with E-state index in [-0.39, 0.29) is 28.1 Å².